The first-order valence-electron chi connectivity index (χ1n) is 20.7. The predicted molar refractivity (Wildman–Crippen MR) is 255 cm³/mol. The maximum absolute atomic E-state index is 2.57. The topological polar surface area (TPSA) is 8.17 Å². The molecule has 0 saturated carbocycles. The van der Waals surface area contributed by atoms with Gasteiger partial charge < -0.3 is 9.47 Å². The number of anilines is 3. The maximum atomic E-state index is 2.57. The SMILES string of the molecule is c1ccc(-n2c3ccccc3c3c4c5ccc6ccccc6c5sc4c4c(N5c6ccccc6C(c6ccccc6)(c6ccccc6)c6ccccc65)cccc4c32)cc1. The van der Waals surface area contributed by atoms with Crippen molar-refractivity contribution in [1.82, 2.24) is 4.57 Å². The molecule has 1 aliphatic heterocycles. The van der Waals surface area contributed by atoms with E-state index in [1.165, 1.54) is 103 Å². The number of para-hydroxylation sites is 4. The molecule has 2 aromatic heterocycles. The van der Waals surface area contributed by atoms with E-state index in [-0.39, 0.29) is 0 Å². The summed E-state index contributed by atoms with van der Waals surface area (Å²) >= 11 is 1.95. The Balaban J connectivity index is 1.24. The van der Waals surface area contributed by atoms with Crippen molar-refractivity contribution in [2.45, 2.75) is 5.41 Å². The van der Waals surface area contributed by atoms with Crippen LogP contribution in [0, 0.1) is 0 Å². The summed E-state index contributed by atoms with van der Waals surface area (Å²) < 4.78 is 5.15. The van der Waals surface area contributed by atoms with E-state index in [4.69, 9.17) is 0 Å². The second kappa shape index (κ2) is 12.8. The molecule has 60 heavy (non-hydrogen) atoms. The summed E-state index contributed by atoms with van der Waals surface area (Å²) in [5.41, 5.74) is 11.6. The number of aromatic nitrogens is 1. The van der Waals surface area contributed by atoms with Crippen molar-refractivity contribution < 1.29 is 0 Å². The molecule has 280 valence electrons. The van der Waals surface area contributed by atoms with E-state index < -0.39 is 5.41 Å². The van der Waals surface area contributed by atoms with Gasteiger partial charge in [0, 0.05) is 47.4 Å². The van der Waals surface area contributed by atoms with Gasteiger partial charge in [-0.05, 0) is 69.4 Å². The van der Waals surface area contributed by atoms with Crippen LogP contribution in [-0.4, -0.2) is 4.57 Å². The molecule has 13 rings (SSSR count). The summed E-state index contributed by atoms with van der Waals surface area (Å²) in [6, 6.07) is 80.9. The Labute approximate surface area is 351 Å². The summed E-state index contributed by atoms with van der Waals surface area (Å²) in [5, 5.41) is 10.3. The number of benzene rings is 10. The van der Waals surface area contributed by atoms with Gasteiger partial charge in [0.05, 0.1) is 33.5 Å². The Morgan fingerprint density at radius 3 is 1.60 bits per heavy atom. The molecule has 10 aromatic carbocycles. The van der Waals surface area contributed by atoms with Crippen LogP contribution in [0.1, 0.15) is 22.3 Å². The third-order valence-electron chi connectivity index (χ3n) is 13.0. The Hall–Kier alpha value is -7.46. The molecule has 0 spiro atoms. The molecule has 0 saturated heterocycles. The van der Waals surface area contributed by atoms with Crippen molar-refractivity contribution >= 4 is 91.9 Å². The molecule has 12 aromatic rings. The van der Waals surface area contributed by atoms with Crippen LogP contribution >= 0.6 is 11.3 Å². The number of rotatable bonds is 4. The van der Waals surface area contributed by atoms with Gasteiger partial charge in [-0.2, -0.15) is 0 Å². The average molecular weight is 781 g/mol. The van der Waals surface area contributed by atoms with Crippen LogP contribution in [-0.2, 0) is 5.41 Å². The summed E-state index contributed by atoms with van der Waals surface area (Å²) in [7, 11) is 0. The minimum atomic E-state index is -0.546. The van der Waals surface area contributed by atoms with E-state index >= 15 is 0 Å². The van der Waals surface area contributed by atoms with Crippen molar-refractivity contribution in [3.05, 3.63) is 241 Å². The van der Waals surface area contributed by atoms with Crippen molar-refractivity contribution in [3.63, 3.8) is 0 Å². The fraction of sp³-hybridized carbons (Fsp3) is 0.0175. The predicted octanol–water partition coefficient (Wildman–Crippen LogP) is 15.6. The van der Waals surface area contributed by atoms with E-state index in [2.05, 4.69) is 228 Å². The van der Waals surface area contributed by atoms with Crippen molar-refractivity contribution in [1.29, 1.82) is 0 Å². The van der Waals surface area contributed by atoms with E-state index in [0.29, 0.717) is 0 Å². The lowest BCUT2D eigenvalue weighted by atomic mass is 9.62. The number of nitrogens with zero attached hydrogens (tertiary/aromatic N) is 2. The molecular weight excluding hydrogens is 745 g/mol. The van der Waals surface area contributed by atoms with Crippen LogP contribution in [0.5, 0.6) is 0 Å². The zero-order valence-corrected chi connectivity index (χ0v) is 33.4. The summed E-state index contributed by atoms with van der Waals surface area (Å²) in [4.78, 5) is 2.57. The van der Waals surface area contributed by atoms with Gasteiger partial charge in [-0.1, -0.05) is 182 Å². The molecule has 3 heteroatoms. The number of thiophene rings is 1. The minimum absolute atomic E-state index is 0.546. The van der Waals surface area contributed by atoms with E-state index in [0.717, 1.165) is 5.69 Å². The Kier molecular flexibility index (Phi) is 7.13. The molecule has 1 aliphatic rings. The van der Waals surface area contributed by atoms with Crippen LogP contribution in [0.2, 0.25) is 0 Å². The molecule has 0 bridgehead atoms. The Morgan fingerprint density at radius 2 is 0.900 bits per heavy atom. The molecule has 3 heterocycles. The second-order valence-corrected chi connectivity index (χ2v) is 17.0. The third kappa shape index (κ3) is 4.42. The van der Waals surface area contributed by atoms with Crippen LogP contribution in [0.4, 0.5) is 17.1 Å². The lowest BCUT2D eigenvalue weighted by molar-refractivity contribution is 0.731. The molecule has 0 unspecified atom stereocenters. The number of hydrogen-bond donors (Lipinski definition) is 0. The molecule has 0 radical (unpaired) electrons. The van der Waals surface area contributed by atoms with Gasteiger partial charge in [0.25, 0.3) is 0 Å². The van der Waals surface area contributed by atoms with Crippen LogP contribution in [0.15, 0.2) is 218 Å². The minimum Gasteiger partial charge on any atom is -0.309 e. The highest BCUT2D eigenvalue weighted by molar-refractivity contribution is 7.28. The standard InChI is InChI=1S/C57H36N2S/c1-4-20-38(21-5-1)57(39-22-6-2-7-23-39)45-29-13-16-32-48(45)59(49-33-17-14-30-46(49)57)50-34-18-28-43-51(50)56-53(44-36-35-37-19-10-11-26-41(37)55(44)60-56)52-42-27-12-15-31-47(42)58(54(43)52)40-24-8-3-9-25-40/h1-36H. The second-order valence-electron chi connectivity index (χ2n) is 15.9. The van der Waals surface area contributed by atoms with E-state index in [1.54, 1.807) is 0 Å². The highest BCUT2D eigenvalue weighted by Crippen LogP contribution is 2.60. The summed E-state index contributed by atoms with van der Waals surface area (Å²) in [5.74, 6) is 0. The van der Waals surface area contributed by atoms with Gasteiger partial charge in [-0.15, -0.1) is 11.3 Å². The van der Waals surface area contributed by atoms with Crippen LogP contribution in [0.3, 0.4) is 0 Å². The molecule has 0 atom stereocenters. The van der Waals surface area contributed by atoms with Crippen molar-refractivity contribution in [3.8, 4) is 5.69 Å². The number of hydrogen-bond acceptors (Lipinski definition) is 2. The Bertz CT molecular complexity index is 3570. The Morgan fingerprint density at radius 1 is 0.350 bits per heavy atom. The van der Waals surface area contributed by atoms with Crippen molar-refractivity contribution in [2.75, 3.05) is 4.90 Å². The van der Waals surface area contributed by atoms with Gasteiger partial charge in [-0.3, -0.25) is 0 Å². The largest absolute Gasteiger partial charge is 0.309 e. The van der Waals surface area contributed by atoms with Crippen molar-refractivity contribution in [2.24, 2.45) is 0 Å². The maximum Gasteiger partial charge on any atom is 0.0742 e. The zero-order valence-electron chi connectivity index (χ0n) is 32.6. The fourth-order valence-electron chi connectivity index (χ4n) is 10.7. The third-order valence-corrected chi connectivity index (χ3v) is 14.3. The van der Waals surface area contributed by atoms with Crippen LogP contribution < -0.4 is 4.90 Å². The summed E-state index contributed by atoms with van der Waals surface area (Å²) in [6.07, 6.45) is 0. The fourth-order valence-corrected chi connectivity index (χ4v) is 12.1. The number of fused-ring (bicyclic) bond motifs is 14. The molecule has 0 aliphatic carbocycles. The first kappa shape index (κ1) is 33.5. The van der Waals surface area contributed by atoms with E-state index in [1.807, 2.05) is 11.3 Å². The quantitative estimate of drug-likeness (QED) is 0.173. The summed E-state index contributed by atoms with van der Waals surface area (Å²) in [6.45, 7) is 0. The molecule has 2 nitrogen and oxygen atoms in total. The van der Waals surface area contributed by atoms with Gasteiger partial charge in [0.1, 0.15) is 0 Å². The highest BCUT2D eigenvalue weighted by atomic mass is 32.1. The van der Waals surface area contributed by atoms with Gasteiger partial charge in [-0.25, -0.2) is 0 Å². The van der Waals surface area contributed by atoms with Crippen LogP contribution in [0.25, 0.3) is 69.2 Å². The van der Waals surface area contributed by atoms with E-state index in [9.17, 15) is 0 Å². The smallest absolute Gasteiger partial charge is 0.0742 e. The molecule has 0 amide bonds. The molecule has 0 fully saturated rings. The van der Waals surface area contributed by atoms with Gasteiger partial charge in [0.2, 0.25) is 0 Å². The first-order valence-corrected chi connectivity index (χ1v) is 21.5. The monoisotopic (exact) mass is 780 g/mol. The highest BCUT2D eigenvalue weighted by Gasteiger charge is 2.46. The normalized spacial score (nSPS) is 13.4. The zero-order chi connectivity index (χ0) is 39.4. The average Bonchev–Trinajstić information content (AvgIpc) is 3.88. The first-order chi connectivity index (χ1) is 29.8. The lowest BCUT2D eigenvalue weighted by Gasteiger charge is -2.46. The molecule has 0 N–H and O–H groups in total. The molecular formula is C57H36N2S. The lowest BCUT2D eigenvalue weighted by Crippen LogP contribution is -2.37. The van der Waals surface area contributed by atoms with Gasteiger partial charge in [0.15, 0.2) is 0 Å². The van der Waals surface area contributed by atoms with Gasteiger partial charge >= 0.3 is 0 Å².